The fraction of sp³-hybridized carbons (Fsp3) is 0.444. The Morgan fingerprint density at radius 2 is 2.45 bits per heavy atom. The molecule has 0 bridgehead atoms. The lowest BCUT2D eigenvalue weighted by Gasteiger charge is -2.01. The molecule has 1 atom stereocenters. The van der Waals surface area contributed by atoms with E-state index in [0.29, 0.717) is 11.7 Å². The molecule has 2 heteroatoms. The highest BCUT2D eigenvalue weighted by molar-refractivity contribution is 5.70. The van der Waals surface area contributed by atoms with E-state index in [1.807, 2.05) is 0 Å². The quantitative estimate of drug-likeness (QED) is 0.623. The standard InChI is InChI=1S/C9H12O2/c1-3-7(2)8-4-9(5-10)11-6-8/h4-7H,3H2,1-2H3. The van der Waals surface area contributed by atoms with Gasteiger partial charge in [-0.15, -0.1) is 0 Å². The molecule has 0 radical (unpaired) electrons. The summed E-state index contributed by atoms with van der Waals surface area (Å²) in [5, 5.41) is 0. The number of rotatable bonds is 3. The molecular weight excluding hydrogens is 140 g/mol. The van der Waals surface area contributed by atoms with Crippen molar-refractivity contribution in [1.29, 1.82) is 0 Å². The van der Waals surface area contributed by atoms with Gasteiger partial charge in [0.25, 0.3) is 0 Å². The fourth-order valence-corrected chi connectivity index (χ4v) is 0.924. The van der Waals surface area contributed by atoms with Crippen molar-refractivity contribution in [3.05, 3.63) is 23.7 Å². The third kappa shape index (κ3) is 1.70. The minimum absolute atomic E-state index is 0.417. The molecule has 60 valence electrons. The molecule has 1 unspecified atom stereocenters. The van der Waals surface area contributed by atoms with Crippen molar-refractivity contribution in [3.8, 4) is 0 Å². The van der Waals surface area contributed by atoms with Crippen molar-refractivity contribution in [1.82, 2.24) is 0 Å². The second-order valence-electron chi connectivity index (χ2n) is 2.71. The van der Waals surface area contributed by atoms with E-state index >= 15 is 0 Å². The first kappa shape index (κ1) is 8.05. The molecule has 0 saturated heterocycles. The van der Waals surface area contributed by atoms with Gasteiger partial charge in [-0.25, -0.2) is 0 Å². The zero-order valence-corrected chi connectivity index (χ0v) is 6.83. The maximum absolute atomic E-state index is 10.2. The van der Waals surface area contributed by atoms with Crippen LogP contribution in [0.3, 0.4) is 0 Å². The lowest BCUT2D eigenvalue weighted by atomic mass is 10.0. The van der Waals surface area contributed by atoms with Gasteiger partial charge in [-0.2, -0.15) is 0 Å². The summed E-state index contributed by atoms with van der Waals surface area (Å²) in [7, 11) is 0. The van der Waals surface area contributed by atoms with Crippen molar-refractivity contribution in [2.75, 3.05) is 0 Å². The van der Waals surface area contributed by atoms with Crippen molar-refractivity contribution in [2.24, 2.45) is 0 Å². The van der Waals surface area contributed by atoms with Crippen LogP contribution in [-0.2, 0) is 0 Å². The number of hydrogen-bond donors (Lipinski definition) is 0. The van der Waals surface area contributed by atoms with E-state index < -0.39 is 0 Å². The van der Waals surface area contributed by atoms with Gasteiger partial charge in [-0.3, -0.25) is 4.79 Å². The van der Waals surface area contributed by atoms with Crippen LogP contribution in [0.5, 0.6) is 0 Å². The van der Waals surface area contributed by atoms with Gasteiger partial charge in [-0.1, -0.05) is 13.8 Å². The van der Waals surface area contributed by atoms with Gasteiger partial charge in [0.2, 0.25) is 0 Å². The number of carbonyl (C=O) groups excluding carboxylic acids is 1. The highest BCUT2D eigenvalue weighted by atomic mass is 16.3. The molecule has 2 nitrogen and oxygen atoms in total. The molecule has 0 N–H and O–H groups in total. The first-order valence-corrected chi connectivity index (χ1v) is 3.81. The summed E-state index contributed by atoms with van der Waals surface area (Å²) in [4.78, 5) is 10.2. The average Bonchev–Trinajstić information content (AvgIpc) is 2.50. The number of aldehydes is 1. The smallest absolute Gasteiger partial charge is 0.185 e. The summed E-state index contributed by atoms with van der Waals surface area (Å²) in [5.41, 5.74) is 1.11. The van der Waals surface area contributed by atoms with Crippen LogP contribution in [-0.4, -0.2) is 6.29 Å². The highest BCUT2D eigenvalue weighted by Gasteiger charge is 2.06. The lowest BCUT2D eigenvalue weighted by Crippen LogP contribution is -1.86. The molecule has 1 rings (SSSR count). The predicted octanol–water partition coefficient (Wildman–Crippen LogP) is 2.61. The largest absolute Gasteiger partial charge is 0.461 e. The normalized spacial score (nSPS) is 12.9. The van der Waals surface area contributed by atoms with Crippen molar-refractivity contribution >= 4 is 6.29 Å². The van der Waals surface area contributed by atoms with Crippen LogP contribution in [0.2, 0.25) is 0 Å². The van der Waals surface area contributed by atoms with E-state index in [2.05, 4.69) is 13.8 Å². The SMILES string of the molecule is CCC(C)c1coc(C=O)c1. The Labute approximate surface area is 66.2 Å². The monoisotopic (exact) mass is 152 g/mol. The van der Waals surface area contributed by atoms with Gasteiger partial charge in [-0.05, 0) is 24.0 Å². The third-order valence-corrected chi connectivity index (χ3v) is 1.94. The Morgan fingerprint density at radius 3 is 2.91 bits per heavy atom. The van der Waals surface area contributed by atoms with Crippen LogP contribution >= 0.6 is 0 Å². The van der Waals surface area contributed by atoms with Crippen LogP contribution < -0.4 is 0 Å². The van der Waals surface area contributed by atoms with E-state index in [9.17, 15) is 4.79 Å². The zero-order chi connectivity index (χ0) is 8.27. The molecule has 0 fully saturated rings. The number of carbonyl (C=O) groups is 1. The Balaban J connectivity index is 2.79. The summed E-state index contributed by atoms with van der Waals surface area (Å²) in [5.74, 6) is 0.896. The van der Waals surface area contributed by atoms with E-state index in [0.717, 1.165) is 18.3 Å². The molecule has 1 heterocycles. The van der Waals surface area contributed by atoms with Crippen molar-refractivity contribution < 1.29 is 9.21 Å². The van der Waals surface area contributed by atoms with Gasteiger partial charge in [0, 0.05) is 0 Å². The molecule has 0 spiro atoms. The molecule has 1 aromatic heterocycles. The Kier molecular flexibility index (Phi) is 2.47. The lowest BCUT2D eigenvalue weighted by molar-refractivity contribution is 0.110. The van der Waals surface area contributed by atoms with Crippen LogP contribution in [0.1, 0.15) is 42.3 Å². The predicted molar refractivity (Wildman–Crippen MR) is 42.8 cm³/mol. The van der Waals surface area contributed by atoms with Gasteiger partial charge in [0.05, 0.1) is 6.26 Å². The first-order valence-electron chi connectivity index (χ1n) is 3.81. The Bertz CT molecular complexity index is 237. The van der Waals surface area contributed by atoms with E-state index in [1.54, 1.807) is 12.3 Å². The average molecular weight is 152 g/mol. The molecule has 11 heavy (non-hydrogen) atoms. The molecule has 0 amide bonds. The summed E-state index contributed by atoms with van der Waals surface area (Å²) >= 11 is 0. The minimum atomic E-state index is 0.417. The molecule has 0 aromatic carbocycles. The van der Waals surface area contributed by atoms with Crippen LogP contribution in [0.4, 0.5) is 0 Å². The van der Waals surface area contributed by atoms with Gasteiger partial charge < -0.3 is 4.42 Å². The fourth-order valence-electron chi connectivity index (χ4n) is 0.924. The molecule has 0 aliphatic rings. The Morgan fingerprint density at radius 1 is 1.73 bits per heavy atom. The molecule has 0 aliphatic heterocycles. The van der Waals surface area contributed by atoms with Crippen molar-refractivity contribution in [2.45, 2.75) is 26.2 Å². The van der Waals surface area contributed by atoms with Gasteiger partial charge in [0.15, 0.2) is 12.0 Å². The Hall–Kier alpha value is -1.05. The topological polar surface area (TPSA) is 30.2 Å². The van der Waals surface area contributed by atoms with Crippen LogP contribution in [0.15, 0.2) is 16.7 Å². The first-order chi connectivity index (χ1) is 5.27. The van der Waals surface area contributed by atoms with Gasteiger partial charge >= 0.3 is 0 Å². The van der Waals surface area contributed by atoms with Crippen LogP contribution in [0.25, 0.3) is 0 Å². The minimum Gasteiger partial charge on any atom is -0.461 e. The second kappa shape index (κ2) is 3.37. The molecular formula is C9H12O2. The van der Waals surface area contributed by atoms with Crippen LogP contribution in [0, 0.1) is 0 Å². The van der Waals surface area contributed by atoms with E-state index in [4.69, 9.17) is 4.42 Å². The van der Waals surface area contributed by atoms with Crippen molar-refractivity contribution in [3.63, 3.8) is 0 Å². The highest BCUT2D eigenvalue weighted by Crippen LogP contribution is 2.19. The third-order valence-electron chi connectivity index (χ3n) is 1.94. The maximum atomic E-state index is 10.2. The number of hydrogen-bond acceptors (Lipinski definition) is 2. The number of furan rings is 1. The van der Waals surface area contributed by atoms with E-state index in [1.165, 1.54) is 0 Å². The molecule has 1 aromatic rings. The second-order valence-corrected chi connectivity index (χ2v) is 2.71. The van der Waals surface area contributed by atoms with Gasteiger partial charge in [0.1, 0.15) is 0 Å². The summed E-state index contributed by atoms with van der Waals surface area (Å²) in [6.45, 7) is 4.22. The molecule has 0 aliphatic carbocycles. The maximum Gasteiger partial charge on any atom is 0.185 e. The molecule has 0 saturated carbocycles. The summed E-state index contributed by atoms with van der Waals surface area (Å²) in [6, 6.07) is 1.79. The zero-order valence-electron chi connectivity index (χ0n) is 6.83. The summed E-state index contributed by atoms with van der Waals surface area (Å²) < 4.78 is 4.97. The van der Waals surface area contributed by atoms with E-state index in [-0.39, 0.29) is 0 Å². The summed E-state index contributed by atoms with van der Waals surface area (Å²) in [6.07, 6.45) is 3.45.